The molecule has 0 saturated heterocycles. The fourth-order valence-electron chi connectivity index (χ4n) is 2.38. The molecule has 0 unspecified atom stereocenters. The Hall–Kier alpha value is -1.60. The van der Waals surface area contributed by atoms with Crippen molar-refractivity contribution in [2.45, 2.75) is 44.6 Å². The molecule has 1 aliphatic carbocycles. The summed E-state index contributed by atoms with van der Waals surface area (Å²) in [6.45, 7) is 1.47. The summed E-state index contributed by atoms with van der Waals surface area (Å²) >= 11 is 0. The average molecular weight is 259 g/mol. The minimum atomic E-state index is 0.443. The molecule has 1 heterocycles. The quantitative estimate of drug-likeness (QED) is 0.652. The zero-order chi connectivity index (χ0) is 13.3. The number of nitriles is 1. The van der Waals surface area contributed by atoms with Gasteiger partial charge in [-0.15, -0.1) is 0 Å². The van der Waals surface area contributed by atoms with Gasteiger partial charge in [0.25, 0.3) is 0 Å². The standard InChI is InChI=1S/C15H21N3O/c16-11-13-7-8-15(18-12-13)17-9-10-19-14-5-3-1-2-4-6-14/h7-8,12,14H,1-6,9-10H2,(H,17,18). The fraction of sp³-hybridized carbons (Fsp3) is 0.600. The van der Waals surface area contributed by atoms with Crippen molar-refractivity contribution in [1.82, 2.24) is 4.98 Å². The molecule has 19 heavy (non-hydrogen) atoms. The molecule has 4 nitrogen and oxygen atoms in total. The van der Waals surface area contributed by atoms with Crippen molar-refractivity contribution in [1.29, 1.82) is 5.26 Å². The van der Waals surface area contributed by atoms with Gasteiger partial charge in [-0.05, 0) is 25.0 Å². The average Bonchev–Trinajstić information content (AvgIpc) is 2.73. The van der Waals surface area contributed by atoms with Crippen molar-refractivity contribution in [3.8, 4) is 6.07 Å². The third kappa shape index (κ3) is 4.88. The van der Waals surface area contributed by atoms with E-state index < -0.39 is 0 Å². The van der Waals surface area contributed by atoms with Crippen molar-refractivity contribution >= 4 is 5.82 Å². The second kappa shape index (κ2) is 7.75. The van der Waals surface area contributed by atoms with Gasteiger partial charge in [0, 0.05) is 12.7 Å². The Kier molecular flexibility index (Phi) is 5.64. The van der Waals surface area contributed by atoms with Crippen LogP contribution >= 0.6 is 0 Å². The number of hydrogen-bond acceptors (Lipinski definition) is 4. The Labute approximate surface area is 114 Å². The van der Waals surface area contributed by atoms with Crippen LogP contribution < -0.4 is 5.32 Å². The Morgan fingerprint density at radius 2 is 2.05 bits per heavy atom. The highest BCUT2D eigenvalue weighted by molar-refractivity contribution is 5.38. The predicted molar refractivity (Wildman–Crippen MR) is 74.9 cm³/mol. The first-order valence-electron chi connectivity index (χ1n) is 7.10. The van der Waals surface area contributed by atoms with Crippen LogP contribution in [-0.4, -0.2) is 24.2 Å². The maximum Gasteiger partial charge on any atom is 0.126 e. The number of hydrogen-bond donors (Lipinski definition) is 1. The van der Waals surface area contributed by atoms with Crippen molar-refractivity contribution in [3.63, 3.8) is 0 Å². The predicted octanol–water partition coefficient (Wildman–Crippen LogP) is 3.10. The van der Waals surface area contributed by atoms with E-state index in [9.17, 15) is 0 Å². The summed E-state index contributed by atoms with van der Waals surface area (Å²) in [5.41, 5.74) is 0.584. The van der Waals surface area contributed by atoms with Gasteiger partial charge in [-0.2, -0.15) is 5.26 Å². The molecule has 0 amide bonds. The van der Waals surface area contributed by atoms with Gasteiger partial charge in [0.2, 0.25) is 0 Å². The summed E-state index contributed by atoms with van der Waals surface area (Å²) in [7, 11) is 0. The van der Waals surface area contributed by atoms with E-state index in [-0.39, 0.29) is 0 Å². The van der Waals surface area contributed by atoms with E-state index in [0.717, 1.165) is 12.4 Å². The van der Waals surface area contributed by atoms with Crippen molar-refractivity contribution in [2.24, 2.45) is 0 Å². The van der Waals surface area contributed by atoms with Crippen LogP contribution in [-0.2, 0) is 4.74 Å². The fourth-order valence-corrected chi connectivity index (χ4v) is 2.38. The lowest BCUT2D eigenvalue weighted by Gasteiger charge is -2.15. The molecule has 1 saturated carbocycles. The van der Waals surface area contributed by atoms with E-state index in [2.05, 4.69) is 16.4 Å². The van der Waals surface area contributed by atoms with E-state index in [1.807, 2.05) is 6.07 Å². The Morgan fingerprint density at radius 1 is 1.26 bits per heavy atom. The molecule has 0 spiro atoms. The van der Waals surface area contributed by atoms with Crippen LogP contribution in [0.1, 0.15) is 44.1 Å². The van der Waals surface area contributed by atoms with Gasteiger partial charge < -0.3 is 10.1 Å². The van der Waals surface area contributed by atoms with E-state index in [1.54, 1.807) is 12.3 Å². The molecule has 0 aromatic carbocycles. The number of nitrogens with one attached hydrogen (secondary N) is 1. The Bertz CT molecular complexity index is 402. The highest BCUT2D eigenvalue weighted by atomic mass is 16.5. The second-order valence-corrected chi connectivity index (χ2v) is 4.96. The topological polar surface area (TPSA) is 57.9 Å². The minimum Gasteiger partial charge on any atom is -0.376 e. The molecule has 0 bridgehead atoms. The first kappa shape index (κ1) is 13.8. The first-order chi connectivity index (χ1) is 9.38. The molecule has 1 N–H and O–H groups in total. The van der Waals surface area contributed by atoms with Crippen LogP contribution in [0.25, 0.3) is 0 Å². The lowest BCUT2D eigenvalue weighted by atomic mass is 10.1. The number of nitrogens with zero attached hydrogens (tertiary/aromatic N) is 2. The molecule has 1 aromatic heterocycles. The highest BCUT2D eigenvalue weighted by Gasteiger charge is 2.11. The van der Waals surface area contributed by atoms with Crippen molar-refractivity contribution < 1.29 is 4.74 Å². The molecule has 4 heteroatoms. The number of pyridine rings is 1. The Morgan fingerprint density at radius 3 is 2.68 bits per heavy atom. The Balaban J connectivity index is 1.64. The van der Waals surface area contributed by atoms with Crippen LogP contribution in [0.5, 0.6) is 0 Å². The lowest BCUT2D eigenvalue weighted by Crippen LogP contribution is -2.17. The minimum absolute atomic E-state index is 0.443. The molecule has 1 aromatic rings. The third-order valence-corrected chi connectivity index (χ3v) is 3.46. The van der Waals surface area contributed by atoms with Gasteiger partial charge in [-0.1, -0.05) is 25.7 Å². The van der Waals surface area contributed by atoms with Crippen molar-refractivity contribution in [2.75, 3.05) is 18.5 Å². The molecule has 0 atom stereocenters. The van der Waals surface area contributed by atoms with Gasteiger partial charge in [0.05, 0.1) is 18.3 Å². The normalized spacial score (nSPS) is 16.6. The van der Waals surface area contributed by atoms with Crippen LogP contribution in [0.4, 0.5) is 5.82 Å². The molecule has 1 aliphatic rings. The van der Waals surface area contributed by atoms with E-state index in [1.165, 1.54) is 38.5 Å². The summed E-state index contributed by atoms with van der Waals surface area (Å²) in [6.07, 6.45) is 9.74. The SMILES string of the molecule is N#Cc1ccc(NCCOC2CCCCCC2)nc1. The first-order valence-corrected chi connectivity index (χ1v) is 7.10. The third-order valence-electron chi connectivity index (χ3n) is 3.46. The van der Waals surface area contributed by atoms with Gasteiger partial charge in [0.1, 0.15) is 11.9 Å². The zero-order valence-electron chi connectivity index (χ0n) is 11.3. The maximum atomic E-state index is 8.68. The summed E-state index contributed by atoms with van der Waals surface area (Å²) in [4.78, 5) is 4.16. The highest BCUT2D eigenvalue weighted by Crippen LogP contribution is 2.19. The van der Waals surface area contributed by atoms with E-state index >= 15 is 0 Å². The summed E-state index contributed by atoms with van der Waals surface area (Å²) in [5.74, 6) is 0.795. The molecule has 2 rings (SSSR count). The summed E-state index contributed by atoms with van der Waals surface area (Å²) in [6, 6.07) is 5.64. The molecule has 1 fully saturated rings. The summed E-state index contributed by atoms with van der Waals surface area (Å²) < 4.78 is 5.89. The number of aromatic nitrogens is 1. The van der Waals surface area contributed by atoms with E-state index in [0.29, 0.717) is 18.3 Å². The van der Waals surface area contributed by atoms with Crippen LogP contribution in [0.2, 0.25) is 0 Å². The lowest BCUT2D eigenvalue weighted by molar-refractivity contribution is 0.0501. The second-order valence-electron chi connectivity index (χ2n) is 4.96. The maximum absolute atomic E-state index is 8.68. The van der Waals surface area contributed by atoms with Crippen LogP contribution in [0, 0.1) is 11.3 Å². The molecule has 102 valence electrons. The van der Waals surface area contributed by atoms with Crippen LogP contribution in [0.3, 0.4) is 0 Å². The van der Waals surface area contributed by atoms with Gasteiger partial charge in [-0.25, -0.2) is 4.98 Å². The zero-order valence-corrected chi connectivity index (χ0v) is 11.3. The van der Waals surface area contributed by atoms with Crippen molar-refractivity contribution in [3.05, 3.63) is 23.9 Å². The number of rotatable bonds is 5. The molecule has 0 radical (unpaired) electrons. The molecule has 0 aliphatic heterocycles. The number of ether oxygens (including phenoxy) is 1. The largest absolute Gasteiger partial charge is 0.376 e. The molecular formula is C15H21N3O. The van der Waals surface area contributed by atoms with E-state index in [4.69, 9.17) is 10.00 Å². The van der Waals surface area contributed by atoms with Gasteiger partial charge >= 0.3 is 0 Å². The van der Waals surface area contributed by atoms with Gasteiger partial charge in [0.15, 0.2) is 0 Å². The molecular weight excluding hydrogens is 238 g/mol. The summed E-state index contributed by atoms with van der Waals surface area (Å²) in [5, 5.41) is 11.9. The van der Waals surface area contributed by atoms with Crippen LogP contribution in [0.15, 0.2) is 18.3 Å². The monoisotopic (exact) mass is 259 g/mol. The van der Waals surface area contributed by atoms with Gasteiger partial charge in [-0.3, -0.25) is 0 Å². The smallest absolute Gasteiger partial charge is 0.126 e. The number of anilines is 1.